The molecule has 3 atom stereocenters. The average Bonchev–Trinajstić information content (AvgIpc) is 2.83. The molecule has 1 aliphatic carbocycles. The van der Waals surface area contributed by atoms with E-state index in [0.717, 1.165) is 6.42 Å². The largest absolute Gasteiger partial charge is 0.354 e. The number of carbonyl (C=O) groups is 2. The van der Waals surface area contributed by atoms with Crippen LogP contribution in [0.4, 0.5) is 0 Å². The molecule has 0 aromatic rings. The van der Waals surface area contributed by atoms with Crippen LogP contribution in [0.3, 0.4) is 0 Å². The zero-order valence-electron chi connectivity index (χ0n) is 12.2. The van der Waals surface area contributed by atoms with Gasteiger partial charge in [0.25, 0.3) is 0 Å². The quantitative estimate of drug-likeness (QED) is 0.761. The van der Waals surface area contributed by atoms with Crippen molar-refractivity contribution in [1.29, 1.82) is 0 Å². The monoisotopic (exact) mass is 264 g/mol. The smallest absolute Gasteiger partial charge is 0.224 e. The van der Waals surface area contributed by atoms with Crippen molar-refractivity contribution in [2.24, 2.45) is 17.3 Å². The molecule has 4 heteroatoms. The fourth-order valence-electron chi connectivity index (χ4n) is 3.00. The molecule has 2 amide bonds. The van der Waals surface area contributed by atoms with E-state index in [-0.39, 0.29) is 29.2 Å². The molecular formula is C15H24N2O2. The Balaban J connectivity index is 1.91. The molecular weight excluding hydrogens is 240 g/mol. The number of amides is 2. The summed E-state index contributed by atoms with van der Waals surface area (Å²) in [5.41, 5.74) is 1.32. The summed E-state index contributed by atoms with van der Waals surface area (Å²) in [5.74, 6) is 0.629. The van der Waals surface area contributed by atoms with Crippen LogP contribution in [0.2, 0.25) is 0 Å². The molecule has 2 aliphatic rings. The molecule has 0 bridgehead atoms. The standard InChI is InChI=1S/C15H24N2O2/c1-9(2)7-11-13(15(11,3)4)14(19)17-10-5-6-12(18)16-8-10/h7,10-11,13H,5-6,8H2,1-4H3,(H,16,18)(H,17,19)/t10-,11-,13+/m1/s1. The van der Waals surface area contributed by atoms with Gasteiger partial charge in [-0.1, -0.05) is 25.5 Å². The van der Waals surface area contributed by atoms with E-state index >= 15 is 0 Å². The maximum Gasteiger partial charge on any atom is 0.224 e. The molecule has 2 fully saturated rings. The number of rotatable bonds is 3. The summed E-state index contributed by atoms with van der Waals surface area (Å²) in [4.78, 5) is 23.4. The van der Waals surface area contributed by atoms with Gasteiger partial charge in [-0.3, -0.25) is 9.59 Å². The van der Waals surface area contributed by atoms with Gasteiger partial charge < -0.3 is 10.6 Å². The highest BCUT2D eigenvalue weighted by Crippen LogP contribution is 2.59. The van der Waals surface area contributed by atoms with Crippen molar-refractivity contribution >= 4 is 11.8 Å². The van der Waals surface area contributed by atoms with Gasteiger partial charge in [-0.2, -0.15) is 0 Å². The van der Waals surface area contributed by atoms with Gasteiger partial charge in [-0.25, -0.2) is 0 Å². The Labute approximate surface area is 115 Å². The van der Waals surface area contributed by atoms with Gasteiger partial charge in [0.1, 0.15) is 0 Å². The van der Waals surface area contributed by atoms with Gasteiger partial charge in [-0.15, -0.1) is 0 Å². The van der Waals surface area contributed by atoms with Gasteiger partial charge in [0.15, 0.2) is 0 Å². The molecule has 1 heterocycles. The summed E-state index contributed by atoms with van der Waals surface area (Å²) in [5, 5.41) is 5.87. The Morgan fingerprint density at radius 3 is 2.63 bits per heavy atom. The third kappa shape index (κ3) is 2.99. The highest BCUT2D eigenvalue weighted by molar-refractivity contribution is 5.84. The summed E-state index contributed by atoms with van der Waals surface area (Å²) in [7, 11) is 0. The highest BCUT2D eigenvalue weighted by Gasteiger charge is 2.60. The Hall–Kier alpha value is -1.32. The molecule has 0 aromatic heterocycles. The fraction of sp³-hybridized carbons (Fsp3) is 0.733. The van der Waals surface area contributed by atoms with E-state index in [9.17, 15) is 9.59 Å². The van der Waals surface area contributed by atoms with Crippen molar-refractivity contribution < 1.29 is 9.59 Å². The van der Waals surface area contributed by atoms with Gasteiger partial charge in [0, 0.05) is 19.0 Å². The van der Waals surface area contributed by atoms with E-state index < -0.39 is 0 Å². The van der Waals surface area contributed by atoms with Crippen LogP contribution in [0.25, 0.3) is 0 Å². The lowest BCUT2D eigenvalue weighted by Crippen LogP contribution is -2.48. The molecule has 0 aromatic carbocycles. The molecule has 106 valence electrons. The zero-order chi connectivity index (χ0) is 14.2. The number of carbonyl (C=O) groups excluding carboxylic acids is 2. The molecule has 1 aliphatic heterocycles. The average molecular weight is 264 g/mol. The minimum Gasteiger partial charge on any atom is -0.354 e. The lowest BCUT2D eigenvalue weighted by Gasteiger charge is -2.23. The lowest BCUT2D eigenvalue weighted by atomic mass is 10.1. The first-order valence-corrected chi connectivity index (χ1v) is 7.04. The van der Waals surface area contributed by atoms with Gasteiger partial charge in [-0.05, 0) is 31.6 Å². The highest BCUT2D eigenvalue weighted by atomic mass is 16.2. The SMILES string of the molecule is CC(C)=C[C@@H]1[C@@H](C(=O)N[C@@H]2CCC(=O)NC2)C1(C)C. The first kappa shape index (κ1) is 14.1. The molecule has 19 heavy (non-hydrogen) atoms. The molecule has 0 unspecified atom stereocenters. The maximum absolute atomic E-state index is 12.3. The topological polar surface area (TPSA) is 58.2 Å². The second-order valence-electron chi connectivity index (χ2n) is 6.62. The van der Waals surface area contributed by atoms with Crippen molar-refractivity contribution in [3.8, 4) is 0 Å². The number of piperidine rings is 1. The first-order valence-electron chi connectivity index (χ1n) is 7.04. The number of hydrogen-bond donors (Lipinski definition) is 2. The number of hydrogen-bond acceptors (Lipinski definition) is 2. The molecule has 0 spiro atoms. The van der Waals surface area contributed by atoms with Crippen LogP contribution in [0.5, 0.6) is 0 Å². The molecule has 4 nitrogen and oxygen atoms in total. The van der Waals surface area contributed by atoms with Crippen LogP contribution in [0, 0.1) is 17.3 Å². The van der Waals surface area contributed by atoms with Gasteiger partial charge in [0.05, 0.1) is 5.92 Å². The van der Waals surface area contributed by atoms with E-state index in [1.165, 1.54) is 5.57 Å². The Morgan fingerprint density at radius 1 is 1.42 bits per heavy atom. The third-order valence-electron chi connectivity index (χ3n) is 4.32. The second kappa shape index (κ2) is 4.99. The van der Waals surface area contributed by atoms with Crippen molar-refractivity contribution in [1.82, 2.24) is 10.6 Å². The van der Waals surface area contributed by atoms with Gasteiger partial charge >= 0.3 is 0 Å². The zero-order valence-corrected chi connectivity index (χ0v) is 12.2. The van der Waals surface area contributed by atoms with Crippen molar-refractivity contribution in [3.05, 3.63) is 11.6 Å². The van der Waals surface area contributed by atoms with Crippen molar-refractivity contribution in [2.45, 2.75) is 46.6 Å². The summed E-state index contributed by atoms with van der Waals surface area (Å²) in [6, 6.07) is 0.0916. The van der Waals surface area contributed by atoms with Crippen LogP contribution in [0.15, 0.2) is 11.6 Å². The van der Waals surface area contributed by atoms with E-state index in [0.29, 0.717) is 18.9 Å². The molecule has 1 saturated carbocycles. The Kier molecular flexibility index (Phi) is 3.70. The Morgan fingerprint density at radius 2 is 2.11 bits per heavy atom. The molecule has 2 rings (SSSR count). The van der Waals surface area contributed by atoms with Crippen molar-refractivity contribution in [2.75, 3.05) is 6.54 Å². The first-order chi connectivity index (χ1) is 8.82. The number of nitrogens with one attached hydrogen (secondary N) is 2. The summed E-state index contributed by atoms with van der Waals surface area (Å²) >= 11 is 0. The van der Waals surface area contributed by atoms with E-state index in [1.54, 1.807) is 0 Å². The Bertz CT molecular complexity index is 412. The van der Waals surface area contributed by atoms with E-state index in [4.69, 9.17) is 0 Å². The van der Waals surface area contributed by atoms with E-state index in [2.05, 4.69) is 44.4 Å². The summed E-state index contributed by atoms with van der Waals surface area (Å²) in [6.07, 6.45) is 3.46. The van der Waals surface area contributed by atoms with E-state index in [1.807, 2.05) is 0 Å². The number of allylic oxidation sites excluding steroid dienone is 2. The minimum atomic E-state index is 0.0548. The molecule has 0 radical (unpaired) electrons. The maximum atomic E-state index is 12.3. The van der Waals surface area contributed by atoms with Crippen LogP contribution in [-0.2, 0) is 9.59 Å². The fourth-order valence-corrected chi connectivity index (χ4v) is 3.00. The van der Waals surface area contributed by atoms with Crippen LogP contribution >= 0.6 is 0 Å². The molecule has 2 N–H and O–H groups in total. The molecule has 1 saturated heterocycles. The predicted molar refractivity (Wildman–Crippen MR) is 74.4 cm³/mol. The third-order valence-corrected chi connectivity index (χ3v) is 4.32. The van der Waals surface area contributed by atoms with Crippen LogP contribution in [0.1, 0.15) is 40.5 Å². The minimum absolute atomic E-state index is 0.0548. The van der Waals surface area contributed by atoms with Crippen molar-refractivity contribution in [3.63, 3.8) is 0 Å². The van der Waals surface area contributed by atoms with Crippen LogP contribution in [-0.4, -0.2) is 24.4 Å². The predicted octanol–water partition coefficient (Wildman–Crippen LogP) is 1.62. The second-order valence-corrected chi connectivity index (χ2v) is 6.62. The van der Waals surface area contributed by atoms with Gasteiger partial charge in [0.2, 0.25) is 11.8 Å². The summed E-state index contributed by atoms with van der Waals surface area (Å²) in [6.45, 7) is 8.99. The lowest BCUT2D eigenvalue weighted by molar-refractivity contribution is -0.126. The summed E-state index contributed by atoms with van der Waals surface area (Å²) < 4.78 is 0. The van der Waals surface area contributed by atoms with Crippen LogP contribution < -0.4 is 10.6 Å². The normalized spacial score (nSPS) is 32.2.